The van der Waals surface area contributed by atoms with Crippen molar-refractivity contribution in [2.45, 2.75) is 5.03 Å². The van der Waals surface area contributed by atoms with Crippen LogP contribution >= 0.6 is 11.8 Å². The van der Waals surface area contributed by atoms with E-state index in [1.807, 2.05) is 12.3 Å². The number of nitriles is 1. The van der Waals surface area contributed by atoms with Gasteiger partial charge >= 0.3 is 6.09 Å². The molecule has 0 aromatic carbocycles. The molecule has 0 bridgehead atoms. The first kappa shape index (κ1) is 12.9. The van der Waals surface area contributed by atoms with Crippen molar-refractivity contribution in [3.05, 3.63) is 23.4 Å². The summed E-state index contributed by atoms with van der Waals surface area (Å²) in [5.74, 6) is 5.30. The van der Waals surface area contributed by atoms with Gasteiger partial charge in [-0.2, -0.15) is 5.26 Å². The van der Waals surface area contributed by atoms with Crippen LogP contribution < -0.4 is 5.73 Å². The fourth-order valence-corrected chi connectivity index (χ4v) is 1.51. The van der Waals surface area contributed by atoms with E-state index in [4.69, 9.17) is 11.0 Å². The Bertz CT molecular complexity index is 526. The average molecular weight is 247 g/mol. The topological polar surface area (TPSA) is 89.0 Å². The molecular formula is C11H9N3O2S. The highest BCUT2D eigenvalue weighted by molar-refractivity contribution is 7.98. The molecule has 17 heavy (non-hydrogen) atoms. The first-order valence-electron chi connectivity index (χ1n) is 4.53. The van der Waals surface area contributed by atoms with E-state index in [0.29, 0.717) is 16.3 Å². The molecule has 1 amide bonds. The third-order valence-corrected chi connectivity index (χ3v) is 2.38. The maximum atomic E-state index is 10.3. The van der Waals surface area contributed by atoms with Gasteiger partial charge in [-0.1, -0.05) is 5.92 Å². The molecule has 0 aliphatic heterocycles. The third-order valence-electron chi connectivity index (χ3n) is 1.68. The number of hydrogen-bond donors (Lipinski definition) is 1. The number of carbonyl (C=O) groups is 1. The summed E-state index contributed by atoms with van der Waals surface area (Å²) in [5, 5.41) is 9.43. The molecule has 0 aliphatic carbocycles. The van der Waals surface area contributed by atoms with Gasteiger partial charge < -0.3 is 10.5 Å². The highest BCUT2D eigenvalue weighted by Gasteiger charge is 2.02. The summed E-state index contributed by atoms with van der Waals surface area (Å²) in [6, 6.07) is 5.32. The minimum absolute atomic E-state index is 0.0778. The number of hydrogen-bond acceptors (Lipinski definition) is 5. The summed E-state index contributed by atoms with van der Waals surface area (Å²) in [6.45, 7) is -0.0778. The van der Waals surface area contributed by atoms with Gasteiger partial charge in [0, 0.05) is 0 Å². The number of carbonyl (C=O) groups excluding carboxylic acids is 1. The smallest absolute Gasteiger partial charge is 0.405 e. The fraction of sp³-hybridized carbons (Fsp3) is 0.182. The van der Waals surface area contributed by atoms with Gasteiger partial charge in [-0.15, -0.1) is 11.8 Å². The van der Waals surface area contributed by atoms with Crippen molar-refractivity contribution < 1.29 is 9.53 Å². The number of pyridine rings is 1. The number of aromatic nitrogens is 1. The van der Waals surface area contributed by atoms with Crippen LogP contribution in [0.4, 0.5) is 4.79 Å². The molecule has 6 heteroatoms. The van der Waals surface area contributed by atoms with Crippen LogP contribution in [0.15, 0.2) is 17.2 Å². The number of ether oxygens (including phenoxy) is 1. The lowest BCUT2D eigenvalue weighted by molar-refractivity contribution is 0.171. The van der Waals surface area contributed by atoms with Crippen molar-refractivity contribution in [2.24, 2.45) is 5.73 Å². The molecule has 0 saturated heterocycles. The Labute approximate surface area is 103 Å². The number of thioether (sulfide) groups is 1. The highest BCUT2D eigenvalue weighted by Crippen LogP contribution is 2.16. The maximum absolute atomic E-state index is 10.3. The van der Waals surface area contributed by atoms with Crippen LogP contribution in [0.5, 0.6) is 0 Å². The second kappa shape index (κ2) is 6.41. The maximum Gasteiger partial charge on any atom is 0.405 e. The van der Waals surface area contributed by atoms with Crippen molar-refractivity contribution in [1.82, 2.24) is 4.98 Å². The van der Waals surface area contributed by atoms with Crippen LogP contribution in [0.3, 0.4) is 0 Å². The minimum atomic E-state index is -0.864. The van der Waals surface area contributed by atoms with Crippen LogP contribution in [0.2, 0.25) is 0 Å². The third kappa shape index (κ3) is 4.06. The molecule has 0 radical (unpaired) electrons. The molecule has 0 saturated carbocycles. The van der Waals surface area contributed by atoms with Crippen molar-refractivity contribution in [3.63, 3.8) is 0 Å². The van der Waals surface area contributed by atoms with Crippen molar-refractivity contribution in [1.29, 1.82) is 5.26 Å². The van der Waals surface area contributed by atoms with Crippen LogP contribution in [0, 0.1) is 23.2 Å². The summed E-state index contributed by atoms with van der Waals surface area (Å²) in [5.41, 5.74) is 5.80. The van der Waals surface area contributed by atoms with E-state index in [1.54, 1.807) is 12.1 Å². The molecule has 1 aromatic heterocycles. The molecule has 1 heterocycles. The number of rotatable bonds is 2. The number of nitrogens with two attached hydrogens (primary N) is 1. The van der Waals surface area contributed by atoms with Gasteiger partial charge in [0.15, 0.2) is 6.61 Å². The van der Waals surface area contributed by atoms with Gasteiger partial charge in [-0.3, -0.25) is 0 Å². The Hall–Kier alpha value is -2.18. The quantitative estimate of drug-likeness (QED) is 0.625. The van der Waals surface area contributed by atoms with Crippen LogP contribution in [0.25, 0.3) is 0 Å². The van der Waals surface area contributed by atoms with Crippen molar-refractivity contribution in [3.8, 4) is 17.9 Å². The molecule has 0 aliphatic rings. The normalized spacial score (nSPS) is 8.71. The standard InChI is InChI=1S/C11H9N3O2S/c1-17-10-8(7-12)4-5-9(14-10)3-2-6-16-11(13)15/h4-5H,6H2,1H3,(H2,13,15). The number of primary amides is 1. The van der Waals surface area contributed by atoms with E-state index in [9.17, 15) is 4.79 Å². The summed E-state index contributed by atoms with van der Waals surface area (Å²) in [7, 11) is 0. The molecule has 0 unspecified atom stereocenters. The monoisotopic (exact) mass is 247 g/mol. The van der Waals surface area contributed by atoms with Crippen molar-refractivity contribution in [2.75, 3.05) is 12.9 Å². The summed E-state index contributed by atoms with van der Waals surface area (Å²) in [6.07, 6.45) is 0.966. The Morgan fingerprint density at radius 3 is 3.00 bits per heavy atom. The molecule has 1 rings (SSSR count). The van der Waals surface area contributed by atoms with Gasteiger partial charge in [0.1, 0.15) is 16.8 Å². The average Bonchev–Trinajstić information content (AvgIpc) is 2.34. The molecule has 5 nitrogen and oxygen atoms in total. The van der Waals surface area contributed by atoms with Gasteiger partial charge in [0.25, 0.3) is 0 Å². The van der Waals surface area contributed by atoms with E-state index >= 15 is 0 Å². The Kier molecular flexibility index (Phi) is 4.86. The molecule has 2 N–H and O–H groups in total. The van der Waals surface area contributed by atoms with Gasteiger partial charge in [-0.25, -0.2) is 9.78 Å². The molecular weight excluding hydrogens is 238 g/mol. The van der Waals surface area contributed by atoms with Crippen LogP contribution in [0.1, 0.15) is 11.3 Å². The second-order valence-electron chi connectivity index (χ2n) is 2.77. The van der Waals surface area contributed by atoms with E-state index < -0.39 is 6.09 Å². The lowest BCUT2D eigenvalue weighted by Crippen LogP contribution is -2.12. The van der Waals surface area contributed by atoms with Gasteiger partial charge in [0.05, 0.1) is 5.56 Å². The molecule has 1 aromatic rings. The van der Waals surface area contributed by atoms with E-state index in [0.717, 1.165) is 0 Å². The van der Waals surface area contributed by atoms with E-state index in [-0.39, 0.29) is 6.61 Å². The first-order chi connectivity index (χ1) is 8.17. The SMILES string of the molecule is CSc1nc(C#CCOC(N)=O)ccc1C#N. The zero-order valence-electron chi connectivity index (χ0n) is 9.06. The zero-order valence-corrected chi connectivity index (χ0v) is 9.87. The number of nitrogens with zero attached hydrogens (tertiary/aromatic N) is 2. The largest absolute Gasteiger partial charge is 0.437 e. The fourth-order valence-electron chi connectivity index (χ4n) is 0.985. The second-order valence-corrected chi connectivity index (χ2v) is 3.57. The van der Waals surface area contributed by atoms with E-state index in [1.165, 1.54) is 11.8 Å². The molecule has 0 spiro atoms. The predicted octanol–water partition coefficient (Wildman–Crippen LogP) is 1.12. The van der Waals surface area contributed by atoms with Gasteiger partial charge in [-0.05, 0) is 24.3 Å². The van der Waals surface area contributed by atoms with Crippen LogP contribution in [-0.2, 0) is 4.74 Å². The summed E-state index contributed by atoms with van der Waals surface area (Å²) in [4.78, 5) is 14.4. The van der Waals surface area contributed by atoms with Crippen molar-refractivity contribution >= 4 is 17.9 Å². The lowest BCUT2D eigenvalue weighted by Gasteiger charge is -1.98. The summed E-state index contributed by atoms with van der Waals surface area (Å²) < 4.78 is 4.44. The molecule has 0 fully saturated rings. The lowest BCUT2D eigenvalue weighted by atomic mass is 10.2. The summed E-state index contributed by atoms with van der Waals surface area (Å²) >= 11 is 1.37. The Balaban J connectivity index is 2.79. The Morgan fingerprint density at radius 1 is 1.65 bits per heavy atom. The number of amides is 1. The highest BCUT2D eigenvalue weighted by atomic mass is 32.2. The minimum Gasteiger partial charge on any atom is -0.437 e. The predicted molar refractivity (Wildman–Crippen MR) is 63.1 cm³/mol. The van der Waals surface area contributed by atoms with Gasteiger partial charge in [0.2, 0.25) is 0 Å². The zero-order chi connectivity index (χ0) is 12.7. The van der Waals surface area contributed by atoms with E-state index in [2.05, 4.69) is 21.6 Å². The van der Waals surface area contributed by atoms with Crippen LogP contribution in [-0.4, -0.2) is 23.9 Å². The first-order valence-corrected chi connectivity index (χ1v) is 5.76. The Morgan fingerprint density at radius 2 is 2.41 bits per heavy atom. The molecule has 0 atom stereocenters. The molecule has 86 valence electrons.